The Kier molecular flexibility index (Phi) is 8.90. The number of hydrogen-bond donors (Lipinski definition) is 3. The number of rotatable bonds is 1. The normalized spacial score (nSPS) is 32.1. The molecule has 52 valence electrons. The lowest BCUT2D eigenvalue weighted by Crippen LogP contribution is -3.30. The minimum Gasteiger partial charge on any atom is -1.00 e. The van der Waals surface area contributed by atoms with Crippen LogP contribution in [0.3, 0.4) is 0 Å². The van der Waals surface area contributed by atoms with Crippen LogP contribution in [0, 0.1) is 0 Å². The first-order chi connectivity index (χ1) is 2.84. The van der Waals surface area contributed by atoms with Crippen molar-refractivity contribution in [3.05, 3.63) is 0 Å². The quantitative estimate of drug-likeness (QED) is 0.159. The first-order valence-corrected chi connectivity index (χ1v) is 4.01. The molecule has 4 nitrogen and oxygen atoms in total. The average molecular weight is 457 g/mol. The van der Waals surface area contributed by atoms with E-state index in [4.69, 9.17) is 5.84 Å². The maximum atomic E-state index is 5.12. The SMILES string of the molecule is C=I[NH+]1O[NH+]1N.[I-].[I-]. The fraction of sp³-hybridized carbons (Fsp3) is 0. The minimum atomic E-state index is -0.0989. The van der Waals surface area contributed by atoms with Crippen LogP contribution in [0.25, 0.3) is 0 Å². The predicted molar refractivity (Wildman–Crippen MR) is 28.3 cm³/mol. The molecule has 2 unspecified atom stereocenters. The van der Waals surface area contributed by atoms with Gasteiger partial charge in [-0.3, -0.25) is 0 Å². The standard InChI is InChI=1S/CH6IN3O.2HI/c1-2-4-5(3)6-4;;/h4-5H,1,3H2;2*1H/q+2;;/p-2. The third-order valence-electron chi connectivity index (χ3n) is 0.473. The Morgan fingerprint density at radius 1 is 1.50 bits per heavy atom. The molecule has 0 aromatic carbocycles. The van der Waals surface area contributed by atoms with E-state index in [9.17, 15) is 0 Å². The number of halogens is 3. The summed E-state index contributed by atoms with van der Waals surface area (Å²) in [5.74, 6) is 5.12. The number of nitrogens with one attached hydrogen (secondary N) is 2. The van der Waals surface area contributed by atoms with Crippen molar-refractivity contribution in [1.82, 2.24) is 0 Å². The minimum absolute atomic E-state index is 0. The van der Waals surface area contributed by atoms with Crippen molar-refractivity contribution >= 4 is 25.5 Å². The van der Waals surface area contributed by atoms with E-state index < -0.39 is 0 Å². The van der Waals surface area contributed by atoms with Gasteiger partial charge in [0.15, 0.2) is 0 Å². The second-order valence-electron chi connectivity index (χ2n) is 0.874. The van der Waals surface area contributed by atoms with E-state index in [1.54, 1.807) is 0 Å². The van der Waals surface area contributed by atoms with Gasteiger partial charge in [-0.05, 0) is 4.51 Å². The topological polar surface area (TPSA) is 47.4 Å². The van der Waals surface area contributed by atoms with Crippen LogP contribution in [0.2, 0.25) is 0 Å². The first-order valence-electron chi connectivity index (χ1n) is 1.40. The van der Waals surface area contributed by atoms with Gasteiger partial charge in [0.05, 0.1) is 0 Å². The van der Waals surface area contributed by atoms with Gasteiger partial charge >= 0.3 is 0 Å². The summed E-state index contributed by atoms with van der Waals surface area (Å²) in [6.45, 7) is 0. The highest BCUT2D eigenvalue weighted by Gasteiger charge is 2.43. The van der Waals surface area contributed by atoms with Crippen molar-refractivity contribution in [3.63, 3.8) is 0 Å². The van der Waals surface area contributed by atoms with E-state index in [2.05, 4.69) is 9.45 Å². The third-order valence-corrected chi connectivity index (χ3v) is 1.92. The highest BCUT2D eigenvalue weighted by Crippen LogP contribution is 1.64. The Labute approximate surface area is 91.7 Å². The fourth-order valence-electron chi connectivity index (χ4n) is 0.164. The molecule has 8 heavy (non-hydrogen) atoms. The molecule has 4 N–H and O–H groups in total. The maximum absolute atomic E-state index is 5.12. The Hall–Kier alpha value is 1.90. The van der Waals surface area contributed by atoms with E-state index in [1.165, 1.54) is 0 Å². The number of hydrogen-bond acceptors (Lipinski definition) is 2. The summed E-state index contributed by atoms with van der Waals surface area (Å²) >= 11 is -0.0989. The average Bonchev–Trinajstić information content (AvgIpc) is 2.19. The molecule has 0 aromatic rings. The van der Waals surface area contributed by atoms with Crippen LogP contribution in [0.5, 0.6) is 0 Å². The molecule has 1 heterocycles. The van der Waals surface area contributed by atoms with Gasteiger partial charge in [-0.1, -0.05) is 5.84 Å². The van der Waals surface area contributed by atoms with Gasteiger partial charge < -0.3 is 48.0 Å². The van der Waals surface area contributed by atoms with E-state index in [-0.39, 0.29) is 69.0 Å². The van der Waals surface area contributed by atoms with Gasteiger partial charge in [0.25, 0.3) is 0 Å². The number of nitrogens with two attached hydrogens (primary N) is 1. The highest BCUT2D eigenvalue weighted by atomic mass is 127. The van der Waals surface area contributed by atoms with Crippen LogP contribution in [0.1, 0.15) is 0 Å². The highest BCUT2D eigenvalue weighted by molar-refractivity contribution is 14.1. The monoisotopic (exact) mass is 457 g/mol. The zero-order valence-electron chi connectivity index (χ0n) is 3.83. The molecule has 0 amide bonds. The zero-order valence-corrected chi connectivity index (χ0v) is 10.3. The van der Waals surface area contributed by atoms with Gasteiger partial charge in [-0.15, -0.1) is 0 Å². The Morgan fingerprint density at radius 2 is 1.88 bits per heavy atom. The molecule has 1 saturated heterocycles. The van der Waals surface area contributed by atoms with E-state index in [1.807, 2.05) is 0 Å². The van der Waals surface area contributed by atoms with Crippen molar-refractivity contribution in [3.8, 4) is 0 Å². The molecule has 1 aliphatic rings. The molecule has 0 radical (unpaired) electrons. The lowest BCUT2D eigenvalue weighted by molar-refractivity contribution is -1.19. The molecule has 0 saturated carbocycles. The lowest BCUT2D eigenvalue weighted by atomic mass is 12.0. The molecule has 2 atom stereocenters. The first kappa shape index (κ1) is 12.6. The Morgan fingerprint density at radius 3 is 1.88 bits per heavy atom. The summed E-state index contributed by atoms with van der Waals surface area (Å²) in [7, 11) is 0. The summed E-state index contributed by atoms with van der Waals surface area (Å²) in [5.41, 5.74) is 0. The van der Waals surface area contributed by atoms with Gasteiger partial charge in [0, 0.05) is 0 Å². The van der Waals surface area contributed by atoms with Crippen LogP contribution < -0.4 is 62.5 Å². The summed E-state index contributed by atoms with van der Waals surface area (Å²) < 4.78 is 4.60. The van der Waals surface area contributed by atoms with Crippen molar-refractivity contribution < 1.29 is 61.6 Å². The summed E-state index contributed by atoms with van der Waals surface area (Å²) in [6.07, 6.45) is 0. The van der Waals surface area contributed by atoms with Crippen molar-refractivity contribution in [1.29, 1.82) is 0 Å². The van der Waals surface area contributed by atoms with Crippen LogP contribution in [0.15, 0.2) is 0 Å². The van der Waals surface area contributed by atoms with Crippen LogP contribution in [0.4, 0.5) is 0 Å². The predicted octanol–water partition coefficient (Wildman–Crippen LogP) is -9.27. The lowest BCUT2D eigenvalue weighted by Gasteiger charge is -1.56. The van der Waals surface area contributed by atoms with Gasteiger partial charge in [0.2, 0.25) is 21.0 Å². The number of quaternary nitrogens is 2. The Balaban J connectivity index is 0. The molecule has 1 fully saturated rings. The molecular formula is CH6I3N3O. The smallest absolute Gasteiger partial charge is 0.242 e. The van der Waals surface area contributed by atoms with Gasteiger partial charge in [-0.2, -0.15) is 0 Å². The third kappa shape index (κ3) is 3.84. The molecule has 1 aliphatic heterocycles. The van der Waals surface area contributed by atoms with Crippen molar-refractivity contribution in [2.75, 3.05) is 0 Å². The summed E-state index contributed by atoms with van der Waals surface area (Å²) in [4.78, 5) is 4.66. The van der Waals surface area contributed by atoms with E-state index in [0.717, 1.165) is 3.39 Å². The molecule has 0 aliphatic carbocycles. The maximum Gasteiger partial charge on any atom is 0.242 e. The zero-order chi connectivity index (χ0) is 4.57. The fourth-order valence-corrected chi connectivity index (χ4v) is 0.933. The van der Waals surface area contributed by atoms with E-state index >= 15 is 0 Å². The molecule has 0 aromatic heterocycles. The van der Waals surface area contributed by atoms with Crippen LogP contribution in [-0.2, 0) is 4.94 Å². The van der Waals surface area contributed by atoms with E-state index in [0.29, 0.717) is 5.28 Å². The molecule has 0 bridgehead atoms. The second-order valence-corrected chi connectivity index (χ2v) is 2.62. The molecule has 7 heteroatoms. The molecule has 1 rings (SSSR count). The summed E-state index contributed by atoms with van der Waals surface area (Å²) in [5, 5.41) is 0.609. The van der Waals surface area contributed by atoms with Crippen molar-refractivity contribution in [2.24, 2.45) is 5.84 Å². The molecule has 0 spiro atoms. The Bertz CT molecular complexity index is 78.9. The second kappa shape index (κ2) is 5.67. The van der Waals surface area contributed by atoms with Gasteiger partial charge in [-0.25, -0.2) is 0 Å². The van der Waals surface area contributed by atoms with Crippen molar-refractivity contribution in [2.45, 2.75) is 0 Å². The van der Waals surface area contributed by atoms with Crippen LogP contribution in [-0.4, -0.2) is 4.51 Å². The largest absolute Gasteiger partial charge is 1.00 e. The molecular weight excluding hydrogens is 451 g/mol. The van der Waals surface area contributed by atoms with Gasteiger partial charge in [0.1, 0.15) is 13.6 Å². The summed E-state index contributed by atoms with van der Waals surface area (Å²) in [6, 6.07) is 0. The van der Waals surface area contributed by atoms with Crippen LogP contribution >= 0.6 is 21.0 Å².